The van der Waals surface area contributed by atoms with Crippen LogP contribution in [-0.4, -0.2) is 11.8 Å². The van der Waals surface area contributed by atoms with Gasteiger partial charge in [0.15, 0.2) is 0 Å². The van der Waals surface area contributed by atoms with Crippen LogP contribution in [0, 0.1) is 11.3 Å². The molecule has 0 aliphatic rings. The summed E-state index contributed by atoms with van der Waals surface area (Å²) in [6.45, 7) is 6.19. The fraction of sp³-hybridized carbons (Fsp3) is 0.250. The normalized spacial score (nSPS) is 10.6. The SMILES string of the molecule is CC(C)(C)c1ccccc1NC(=O)CC(=O)Nc1cccc(C#N)c1. The molecule has 0 aliphatic carbocycles. The summed E-state index contributed by atoms with van der Waals surface area (Å²) in [5.74, 6) is -0.813. The summed E-state index contributed by atoms with van der Waals surface area (Å²) < 4.78 is 0. The lowest BCUT2D eigenvalue weighted by Crippen LogP contribution is -2.23. The second kappa shape index (κ2) is 7.63. The standard InChI is InChI=1S/C20H21N3O2/c1-20(2,3)16-9-4-5-10-17(16)23-19(25)12-18(24)22-15-8-6-7-14(11-15)13-21/h4-11H,12H2,1-3H3,(H,22,24)(H,23,25). The van der Waals surface area contributed by atoms with E-state index in [1.807, 2.05) is 30.3 Å². The van der Waals surface area contributed by atoms with Gasteiger partial charge in [-0.25, -0.2) is 0 Å². The van der Waals surface area contributed by atoms with E-state index in [2.05, 4.69) is 31.4 Å². The third-order valence-corrected chi connectivity index (χ3v) is 3.61. The Hall–Kier alpha value is -3.13. The van der Waals surface area contributed by atoms with Gasteiger partial charge in [-0.15, -0.1) is 0 Å². The number of nitriles is 1. The van der Waals surface area contributed by atoms with E-state index in [1.54, 1.807) is 24.3 Å². The minimum atomic E-state index is -0.430. The Labute approximate surface area is 147 Å². The fourth-order valence-electron chi connectivity index (χ4n) is 2.46. The molecule has 0 bridgehead atoms. The number of carbonyl (C=O) groups is 2. The molecular weight excluding hydrogens is 314 g/mol. The summed E-state index contributed by atoms with van der Waals surface area (Å²) in [6, 6.07) is 16.1. The number of para-hydroxylation sites is 1. The first-order valence-corrected chi connectivity index (χ1v) is 7.99. The maximum absolute atomic E-state index is 12.2. The highest BCUT2D eigenvalue weighted by molar-refractivity contribution is 6.08. The zero-order valence-electron chi connectivity index (χ0n) is 14.6. The fourth-order valence-corrected chi connectivity index (χ4v) is 2.46. The molecule has 0 fully saturated rings. The van der Waals surface area contributed by atoms with Crippen molar-refractivity contribution in [1.29, 1.82) is 5.26 Å². The molecule has 0 aliphatic heterocycles. The number of nitrogens with zero attached hydrogens (tertiary/aromatic N) is 1. The first-order chi connectivity index (χ1) is 11.8. The lowest BCUT2D eigenvalue weighted by molar-refractivity contribution is -0.123. The first kappa shape index (κ1) is 18.2. The summed E-state index contributed by atoms with van der Waals surface area (Å²) in [7, 11) is 0. The highest BCUT2D eigenvalue weighted by atomic mass is 16.2. The van der Waals surface area contributed by atoms with Crippen molar-refractivity contribution in [2.24, 2.45) is 0 Å². The molecule has 2 aromatic rings. The van der Waals surface area contributed by atoms with E-state index in [-0.39, 0.29) is 17.7 Å². The third-order valence-electron chi connectivity index (χ3n) is 3.61. The van der Waals surface area contributed by atoms with Crippen molar-refractivity contribution in [3.8, 4) is 6.07 Å². The topological polar surface area (TPSA) is 82.0 Å². The number of carbonyl (C=O) groups excluding carboxylic acids is 2. The number of benzene rings is 2. The Morgan fingerprint density at radius 1 is 1.00 bits per heavy atom. The van der Waals surface area contributed by atoms with Crippen LogP contribution in [0.1, 0.15) is 38.3 Å². The van der Waals surface area contributed by atoms with Crippen molar-refractivity contribution in [2.45, 2.75) is 32.6 Å². The zero-order chi connectivity index (χ0) is 18.4. The summed E-state index contributed by atoms with van der Waals surface area (Å²) in [5.41, 5.74) is 2.53. The lowest BCUT2D eigenvalue weighted by atomic mass is 9.86. The Bertz CT molecular complexity index is 829. The smallest absolute Gasteiger partial charge is 0.233 e. The van der Waals surface area contributed by atoms with E-state index in [0.717, 1.165) is 5.56 Å². The zero-order valence-corrected chi connectivity index (χ0v) is 14.6. The molecule has 0 aromatic heterocycles. The molecule has 0 radical (unpaired) electrons. The quantitative estimate of drug-likeness (QED) is 0.833. The molecule has 2 amide bonds. The maximum atomic E-state index is 12.2. The minimum absolute atomic E-state index is 0.121. The highest BCUT2D eigenvalue weighted by Crippen LogP contribution is 2.29. The van der Waals surface area contributed by atoms with Gasteiger partial charge in [0.25, 0.3) is 0 Å². The number of nitrogens with one attached hydrogen (secondary N) is 2. The van der Waals surface area contributed by atoms with Crippen LogP contribution in [0.3, 0.4) is 0 Å². The average Bonchev–Trinajstić information content (AvgIpc) is 2.54. The maximum Gasteiger partial charge on any atom is 0.233 e. The van der Waals surface area contributed by atoms with Crippen LogP contribution in [0.25, 0.3) is 0 Å². The van der Waals surface area contributed by atoms with Crippen LogP contribution in [0.5, 0.6) is 0 Å². The van der Waals surface area contributed by atoms with Gasteiger partial charge in [0.05, 0.1) is 11.6 Å². The van der Waals surface area contributed by atoms with Gasteiger partial charge in [-0.3, -0.25) is 9.59 Å². The second-order valence-electron chi connectivity index (χ2n) is 6.76. The molecule has 0 unspecified atom stereocenters. The van der Waals surface area contributed by atoms with Crippen LogP contribution < -0.4 is 10.6 Å². The van der Waals surface area contributed by atoms with Gasteiger partial charge in [-0.1, -0.05) is 45.0 Å². The number of amides is 2. The van der Waals surface area contributed by atoms with Crippen molar-refractivity contribution in [1.82, 2.24) is 0 Å². The molecule has 2 N–H and O–H groups in total. The molecule has 5 heteroatoms. The van der Waals surface area contributed by atoms with E-state index in [4.69, 9.17) is 5.26 Å². The van der Waals surface area contributed by atoms with Crippen molar-refractivity contribution in [2.75, 3.05) is 10.6 Å². The summed E-state index contributed by atoms with van der Waals surface area (Å²) in [4.78, 5) is 24.2. The summed E-state index contributed by atoms with van der Waals surface area (Å²) in [5, 5.41) is 14.3. The van der Waals surface area contributed by atoms with Crippen molar-refractivity contribution in [3.05, 3.63) is 59.7 Å². The van der Waals surface area contributed by atoms with Gasteiger partial charge in [0, 0.05) is 11.4 Å². The first-order valence-electron chi connectivity index (χ1n) is 7.99. The second-order valence-corrected chi connectivity index (χ2v) is 6.76. The average molecular weight is 335 g/mol. The van der Waals surface area contributed by atoms with Crippen molar-refractivity contribution < 1.29 is 9.59 Å². The Kier molecular flexibility index (Phi) is 5.56. The molecule has 25 heavy (non-hydrogen) atoms. The van der Waals surface area contributed by atoms with Crippen LogP contribution in [0.2, 0.25) is 0 Å². The van der Waals surface area contributed by atoms with E-state index in [9.17, 15) is 9.59 Å². The van der Waals surface area contributed by atoms with Gasteiger partial charge in [-0.05, 0) is 35.2 Å². The van der Waals surface area contributed by atoms with Crippen molar-refractivity contribution >= 4 is 23.2 Å². The highest BCUT2D eigenvalue weighted by Gasteiger charge is 2.19. The number of rotatable bonds is 4. The Morgan fingerprint density at radius 3 is 2.36 bits per heavy atom. The minimum Gasteiger partial charge on any atom is -0.326 e. The summed E-state index contributed by atoms with van der Waals surface area (Å²) >= 11 is 0. The van der Waals surface area contributed by atoms with E-state index in [0.29, 0.717) is 16.9 Å². The Morgan fingerprint density at radius 2 is 1.68 bits per heavy atom. The molecule has 0 saturated carbocycles. The van der Waals surface area contributed by atoms with Gasteiger partial charge in [0.2, 0.25) is 11.8 Å². The van der Waals surface area contributed by atoms with Gasteiger partial charge in [-0.2, -0.15) is 5.26 Å². The van der Waals surface area contributed by atoms with E-state index < -0.39 is 5.91 Å². The molecular formula is C20H21N3O2. The molecule has 0 heterocycles. The predicted octanol–water partition coefficient (Wildman–Crippen LogP) is 3.82. The molecule has 0 atom stereocenters. The molecule has 2 rings (SSSR count). The molecule has 2 aromatic carbocycles. The lowest BCUT2D eigenvalue weighted by Gasteiger charge is -2.22. The van der Waals surface area contributed by atoms with E-state index in [1.165, 1.54) is 0 Å². The van der Waals surface area contributed by atoms with E-state index >= 15 is 0 Å². The number of hydrogen-bond acceptors (Lipinski definition) is 3. The van der Waals surface area contributed by atoms with Crippen molar-refractivity contribution in [3.63, 3.8) is 0 Å². The van der Waals surface area contributed by atoms with Crippen LogP contribution in [-0.2, 0) is 15.0 Å². The van der Waals surface area contributed by atoms with Gasteiger partial charge < -0.3 is 10.6 Å². The number of hydrogen-bond donors (Lipinski definition) is 2. The third kappa shape index (κ3) is 5.18. The Balaban J connectivity index is 2.01. The monoisotopic (exact) mass is 335 g/mol. The van der Waals surface area contributed by atoms with Crippen LogP contribution in [0.15, 0.2) is 48.5 Å². The molecule has 5 nitrogen and oxygen atoms in total. The largest absolute Gasteiger partial charge is 0.326 e. The van der Waals surface area contributed by atoms with Crippen LogP contribution in [0.4, 0.5) is 11.4 Å². The van der Waals surface area contributed by atoms with Gasteiger partial charge in [0.1, 0.15) is 6.42 Å². The molecule has 0 spiro atoms. The molecule has 128 valence electrons. The van der Waals surface area contributed by atoms with Crippen LogP contribution >= 0.6 is 0 Å². The summed E-state index contributed by atoms with van der Waals surface area (Å²) in [6.07, 6.45) is -0.296. The predicted molar refractivity (Wildman–Crippen MR) is 98.2 cm³/mol. The van der Waals surface area contributed by atoms with Gasteiger partial charge >= 0.3 is 0 Å². The molecule has 0 saturated heterocycles. The number of anilines is 2.